The number of nitro groups is 1. The van der Waals surface area contributed by atoms with Crippen LogP contribution in [0.25, 0.3) is 0 Å². The van der Waals surface area contributed by atoms with Crippen LogP contribution in [0.3, 0.4) is 0 Å². The normalized spacial score (nSPS) is 10.9. The number of hydrazine groups is 1. The monoisotopic (exact) mass is 281 g/mol. The molecule has 0 radical (unpaired) electrons. The Hall–Kier alpha value is -1.89. The smallest absolute Gasteiger partial charge is 0.276 e. The van der Waals surface area contributed by atoms with E-state index in [1.54, 1.807) is 0 Å². The molecule has 0 unspecified atom stereocenters. The second kappa shape index (κ2) is 7.04. The summed E-state index contributed by atoms with van der Waals surface area (Å²) >= 11 is 0. The van der Waals surface area contributed by atoms with E-state index in [0.29, 0.717) is 23.5 Å². The molecule has 0 aliphatic carbocycles. The molecule has 0 atom stereocenters. The number of anilines is 2. The summed E-state index contributed by atoms with van der Waals surface area (Å²) in [6.45, 7) is 9.99. The Balaban J connectivity index is 3.16. The van der Waals surface area contributed by atoms with Gasteiger partial charge in [-0.3, -0.25) is 10.1 Å². The summed E-state index contributed by atoms with van der Waals surface area (Å²) in [6, 6.07) is 2.82. The highest BCUT2D eigenvalue weighted by molar-refractivity contribution is 5.55. The van der Waals surface area contributed by atoms with E-state index < -0.39 is 4.92 Å². The van der Waals surface area contributed by atoms with Crippen molar-refractivity contribution in [3.63, 3.8) is 0 Å². The average Bonchev–Trinajstić information content (AvgIpc) is 2.36. The van der Waals surface area contributed by atoms with E-state index in [4.69, 9.17) is 5.84 Å². The lowest BCUT2D eigenvalue weighted by molar-refractivity contribution is -0.384. The van der Waals surface area contributed by atoms with Gasteiger partial charge in [0, 0.05) is 13.1 Å². The standard InChI is InChI=1S/C13H23N5O2/c1-9(2)7-17(8-10(3)4)13-6-11(18(19)20)5-12(15-13)16-14/h5-6,9-10H,7-8,14H2,1-4H3,(H,15,16). The molecule has 0 saturated heterocycles. The third kappa shape index (κ3) is 4.65. The summed E-state index contributed by atoms with van der Waals surface area (Å²) in [4.78, 5) is 16.9. The molecule has 0 bridgehead atoms. The fraction of sp³-hybridized carbons (Fsp3) is 0.615. The Morgan fingerprint density at radius 2 is 1.85 bits per heavy atom. The van der Waals surface area contributed by atoms with Crippen LogP contribution >= 0.6 is 0 Å². The number of nitrogens with one attached hydrogen (secondary N) is 1. The van der Waals surface area contributed by atoms with Gasteiger partial charge in [-0.05, 0) is 11.8 Å². The van der Waals surface area contributed by atoms with Crippen molar-refractivity contribution in [1.29, 1.82) is 0 Å². The molecular formula is C13H23N5O2. The maximum Gasteiger partial charge on any atom is 0.276 e. The van der Waals surface area contributed by atoms with Gasteiger partial charge < -0.3 is 10.3 Å². The average molecular weight is 281 g/mol. The maximum atomic E-state index is 11.0. The molecule has 20 heavy (non-hydrogen) atoms. The molecule has 1 rings (SSSR count). The molecule has 7 heteroatoms. The first-order valence-electron chi connectivity index (χ1n) is 6.71. The Bertz CT molecular complexity index is 452. The zero-order valence-electron chi connectivity index (χ0n) is 12.5. The number of nitrogens with two attached hydrogens (primary N) is 1. The lowest BCUT2D eigenvalue weighted by Crippen LogP contribution is -2.32. The number of pyridine rings is 1. The van der Waals surface area contributed by atoms with E-state index in [0.717, 1.165) is 13.1 Å². The zero-order chi connectivity index (χ0) is 15.3. The molecule has 0 amide bonds. The van der Waals surface area contributed by atoms with Gasteiger partial charge >= 0.3 is 0 Å². The van der Waals surface area contributed by atoms with Crippen molar-refractivity contribution in [3.8, 4) is 0 Å². The molecule has 1 aromatic heterocycles. The number of nitrogens with zero attached hydrogens (tertiary/aromatic N) is 3. The highest BCUT2D eigenvalue weighted by Gasteiger charge is 2.17. The maximum absolute atomic E-state index is 11.0. The van der Waals surface area contributed by atoms with E-state index >= 15 is 0 Å². The highest BCUT2D eigenvalue weighted by atomic mass is 16.6. The van der Waals surface area contributed by atoms with Gasteiger partial charge in [-0.25, -0.2) is 10.8 Å². The van der Waals surface area contributed by atoms with Crippen molar-refractivity contribution >= 4 is 17.3 Å². The van der Waals surface area contributed by atoms with Crippen LogP contribution in [0, 0.1) is 22.0 Å². The first kappa shape index (κ1) is 16.2. The van der Waals surface area contributed by atoms with Crippen molar-refractivity contribution in [2.24, 2.45) is 17.7 Å². The Morgan fingerprint density at radius 1 is 1.30 bits per heavy atom. The third-order valence-electron chi connectivity index (χ3n) is 2.65. The summed E-state index contributed by atoms with van der Waals surface area (Å²) in [7, 11) is 0. The van der Waals surface area contributed by atoms with E-state index in [9.17, 15) is 10.1 Å². The lowest BCUT2D eigenvalue weighted by Gasteiger charge is -2.27. The van der Waals surface area contributed by atoms with Crippen LogP contribution in [0.5, 0.6) is 0 Å². The summed E-state index contributed by atoms with van der Waals surface area (Å²) in [6.07, 6.45) is 0. The lowest BCUT2D eigenvalue weighted by atomic mass is 10.1. The molecule has 0 fully saturated rings. The quantitative estimate of drug-likeness (QED) is 0.452. The third-order valence-corrected chi connectivity index (χ3v) is 2.65. The number of hydrogen-bond acceptors (Lipinski definition) is 6. The van der Waals surface area contributed by atoms with Gasteiger partial charge in [-0.15, -0.1) is 0 Å². The van der Waals surface area contributed by atoms with E-state index in [1.165, 1.54) is 12.1 Å². The SMILES string of the molecule is CC(C)CN(CC(C)C)c1cc([N+](=O)[O-])cc(NN)n1. The fourth-order valence-corrected chi connectivity index (χ4v) is 1.99. The first-order valence-corrected chi connectivity index (χ1v) is 6.71. The summed E-state index contributed by atoms with van der Waals surface area (Å²) in [5.74, 6) is 7.08. The van der Waals surface area contributed by atoms with Crippen molar-refractivity contribution in [2.75, 3.05) is 23.4 Å². The van der Waals surface area contributed by atoms with Crippen LogP contribution in [0.4, 0.5) is 17.3 Å². The van der Waals surface area contributed by atoms with Gasteiger partial charge in [0.15, 0.2) is 0 Å². The van der Waals surface area contributed by atoms with E-state index in [-0.39, 0.29) is 5.69 Å². The Labute approximate surface area is 119 Å². The molecule has 0 aliphatic heterocycles. The minimum absolute atomic E-state index is 0.0135. The van der Waals surface area contributed by atoms with Gasteiger partial charge in [0.1, 0.15) is 11.6 Å². The van der Waals surface area contributed by atoms with Crippen molar-refractivity contribution in [2.45, 2.75) is 27.7 Å². The molecule has 0 saturated carbocycles. The van der Waals surface area contributed by atoms with Crippen molar-refractivity contribution in [1.82, 2.24) is 4.98 Å². The number of rotatable bonds is 7. The van der Waals surface area contributed by atoms with E-state index in [2.05, 4.69) is 43.0 Å². The van der Waals surface area contributed by atoms with Crippen molar-refractivity contribution < 1.29 is 4.92 Å². The van der Waals surface area contributed by atoms with Crippen LogP contribution in [-0.4, -0.2) is 23.0 Å². The van der Waals surface area contributed by atoms with Gasteiger partial charge in [0.2, 0.25) is 0 Å². The second-order valence-corrected chi connectivity index (χ2v) is 5.66. The molecule has 0 spiro atoms. The van der Waals surface area contributed by atoms with Gasteiger partial charge in [0.25, 0.3) is 5.69 Å². The minimum atomic E-state index is -0.436. The van der Waals surface area contributed by atoms with Crippen LogP contribution in [-0.2, 0) is 0 Å². The predicted octanol–water partition coefficient (Wildman–Crippen LogP) is 2.39. The van der Waals surface area contributed by atoms with Crippen LogP contribution in [0.2, 0.25) is 0 Å². The van der Waals surface area contributed by atoms with Gasteiger partial charge in [0.05, 0.1) is 17.1 Å². The van der Waals surface area contributed by atoms with Gasteiger partial charge in [-0.2, -0.15) is 0 Å². The Kier molecular flexibility index (Phi) is 5.69. The summed E-state index contributed by atoms with van der Waals surface area (Å²) in [5.41, 5.74) is 2.37. The van der Waals surface area contributed by atoms with E-state index in [1.807, 2.05) is 0 Å². The first-order chi connectivity index (χ1) is 9.33. The van der Waals surface area contributed by atoms with Gasteiger partial charge in [-0.1, -0.05) is 27.7 Å². The topological polar surface area (TPSA) is 97.3 Å². The zero-order valence-corrected chi connectivity index (χ0v) is 12.5. The Morgan fingerprint density at radius 3 is 2.25 bits per heavy atom. The number of hydrogen-bond donors (Lipinski definition) is 2. The van der Waals surface area contributed by atoms with Crippen LogP contribution in [0.15, 0.2) is 12.1 Å². The number of aromatic nitrogens is 1. The molecule has 112 valence electrons. The van der Waals surface area contributed by atoms with Crippen LogP contribution < -0.4 is 16.2 Å². The molecule has 1 heterocycles. The fourth-order valence-electron chi connectivity index (χ4n) is 1.99. The molecule has 3 N–H and O–H groups in total. The summed E-state index contributed by atoms with van der Waals surface area (Å²) in [5, 5.41) is 11.0. The second-order valence-electron chi connectivity index (χ2n) is 5.66. The largest absolute Gasteiger partial charge is 0.356 e. The predicted molar refractivity (Wildman–Crippen MR) is 80.6 cm³/mol. The molecule has 1 aromatic rings. The molecule has 7 nitrogen and oxygen atoms in total. The molecule has 0 aliphatic rings. The van der Waals surface area contributed by atoms with Crippen LogP contribution in [0.1, 0.15) is 27.7 Å². The number of nitrogen functional groups attached to an aromatic ring is 1. The highest BCUT2D eigenvalue weighted by Crippen LogP contribution is 2.24. The van der Waals surface area contributed by atoms with Crippen molar-refractivity contribution in [3.05, 3.63) is 22.2 Å². The molecule has 0 aromatic carbocycles. The molecular weight excluding hydrogens is 258 g/mol. The summed E-state index contributed by atoms with van der Waals surface area (Å²) < 4.78 is 0. The minimum Gasteiger partial charge on any atom is -0.356 e.